The van der Waals surface area contributed by atoms with E-state index < -0.39 is 0 Å². The minimum Gasteiger partial charge on any atom is -0.493 e. The highest BCUT2D eigenvalue weighted by molar-refractivity contribution is 9.10. The van der Waals surface area contributed by atoms with Gasteiger partial charge in [-0.2, -0.15) is 0 Å². The SMILES string of the molecule is Cc1cc(NC(=O)CSCCOc2ccc(Br)cc2)no1. The molecule has 21 heavy (non-hydrogen) atoms. The van der Waals surface area contributed by atoms with E-state index in [-0.39, 0.29) is 5.91 Å². The second kappa shape index (κ2) is 8.09. The molecule has 0 atom stereocenters. The molecule has 1 aromatic carbocycles. The molecule has 0 radical (unpaired) electrons. The number of nitrogens with zero attached hydrogens (tertiary/aromatic N) is 1. The van der Waals surface area contributed by atoms with Crippen LogP contribution < -0.4 is 10.1 Å². The van der Waals surface area contributed by atoms with Gasteiger partial charge in [-0.15, -0.1) is 11.8 Å². The Morgan fingerprint density at radius 2 is 2.19 bits per heavy atom. The van der Waals surface area contributed by atoms with Gasteiger partial charge < -0.3 is 14.6 Å². The summed E-state index contributed by atoms with van der Waals surface area (Å²) in [7, 11) is 0. The van der Waals surface area contributed by atoms with Crippen molar-refractivity contribution in [3.05, 3.63) is 40.6 Å². The Morgan fingerprint density at radius 1 is 1.43 bits per heavy atom. The molecule has 2 rings (SSSR count). The number of carbonyl (C=O) groups excluding carboxylic acids is 1. The number of amides is 1. The molecular formula is C14H15BrN2O3S. The molecule has 0 saturated heterocycles. The van der Waals surface area contributed by atoms with Crippen LogP contribution in [0, 0.1) is 6.92 Å². The number of nitrogens with one attached hydrogen (secondary N) is 1. The number of anilines is 1. The molecule has 0 unspecified atom stereocenters. The largest absolute Gasteiger partial charge is 0.493 e. The number of carbonyl (C=O) groups is 1. The molecule has 7 heteroatoms. The summed E-state index contributed by atoms with van der Waals surface area (Å²) in [5.41, 5.74) is 0. The van der Waals surface area contributed by atoms with Crippen LogP contribution in [0.2, 0.25) is 0 Å². The first kappa shape index (κ1) is 15.9. The van der Waals surface area contributed by atoms with Gasteiger partial charge in [-0.3, -0.25) is 4.79 Å². The maximum Gasteiger partial charge on any atom is 0.235 e. The summed E-state index contributed by atoms with van der Waals surface area (Å²) in [5, 5.41) is 6.37. The smallest absolute Gasteiger partial charge is 0.235 e. The van der Waals surface area contributed by atoms with Crippen LogP contribution in [0.5, 0.6) is 5.75 Å². The Balaban J connectivity index is 1.59. The van der Waals surface area contributed by atoms with Crippen LogP contribution in [-0.2, 0) is 4.79 Å². The predicted molar refractivity (Wildman–Crippen MR) is 86.8 cm³/mol. The maximum atomic E-state index is 11.6. The van der Waals surface area contributed by atoms with Gasteiger partial charge >= 0.3 is 0 Å². The topological polar surface area (TPSA) is 64.4 Å². The van der Waals surface area contributed by atoms with E-state index in [4.69, 9.17) is 9.26 Å². The van der Waals surface area contributed by atoms with E-state index in [0.29, 0.717) is 23.9 Å². The molecule has 0 aliphatic rings. The molecule has 0 spiro atoms. The molecule has 112 valence electrons. The molecule has 0 bridgehead atoms. The second-order valence-electron chi connectivity index (χ2n) is 4.23. The molecule has 0 aliphatic heterocycles. The normalized spacial score (nSPS) is 10.4. The molecule has 0 fully saturated rings. The van der Waals surface area contributed by atoms with Gasteiger partial charge in [-0.05, 0) is 31.2 Å². The Morgan fingerprint density at radius 3 is 2.86 bits per heavy atom. The van der Waals surface area contributed by atoms with E-state index in [1.807, 2.05) is 24.3 Å². The Hall–Kier alpha value is -1.47. The van der Waals surface area contributed by atoms with Crippen LogP contribution in [0.1, 0.15) is 5.76 Å². The van der Waals surface area contributed by atoms with Gasteiger partial charge in [0.25, 0.3) is 0 Å². The zero-order valence-electron chi connectivity index (χ0n) is 11.5. The van der Waals surface area contributed by atoms with Gasteiger partial charge in [0.05, 0.1) is 12.4 Å². The molecule has 5 nitrogen and oxygen atoms in total. The summed E-state index contributed by atoms with van der Waals surface area (Å²) >= 11 is 4.87. The Kier molecular flexibility index (Phi) is 6.13. The first-order valence-electron chi connectivity index (χ1n) is 6.33. The van der Waals surface area contributed by atoms with Gasteiger partial charge in [0.2, 0.25) is 5.91 Å². The van der Waals surface area contributed by atoms with Crippen LogP contribution in [0.15, 0.2) is 39.3 Å². The summed E-state index contributed by atoms with van der Waals surface area (Å²) < 4.78 is 11.5. The van der Waals surface area contributed by atoms with Crippen LogP contribution >= 0.6 is 27.7 Å². The molecule has 1 amide bonds. The number of rotatable bonds is 7. The van der Waals surface area contributed by atoms with Crippen LogP contribution in [0.25, 0.3) is 0 Å². The quantitative estimate of drug-likeness (QED) is 0.755. The number of hydrogen-bond donors (Lipinski definition) is 1. The highest BCUT2D eigenvalue weighted by Crippen LogP contribution is 2.16. The van der Waals surface area contributed by atoms with Crippen molar-refractivity contribution in [2.75, 3.05) is 23.4 Å². The van der Waals surface area contributed by atoms with Gasteiger partial charge in [-0.25, -0.2) is 0 Å². The summed E-state index contributed by atoms with van der Waals surface area (Å²) in [6, 6.07) is 9.33. The van der Waals surface area contributed by atoms with Crippen molar-refractivity contribution >= 4 is 39.4 Å². The lowest BCUT2D eigenvalue weighted by Gasteiger charge is -2.06. The van der Waals surface area contributed by atoms with E-state index >= 15 is 0 Å². The zero-order valence-corrected chi connectivity index (χ0v) is 13.9. The van der Waals surface area contributed by atoms with Crippen molar-refractivity contribution in [2.45, 2.75) is 6.92 Å². The molecule has 2 aromatic rings. The van der Waals surface area contributed by atoms with Crippen molar-refractivity contribution in [3.8, 4) is 5.75 Å². The van der Waals surface area contributed by atoms with Crippen molar-refractivity contribution in [2.24, 2.45) is 0 Å². The predicted octanol–water partition coefficient (Wildman–Crippen LogP) is 3.50. The highest BCUT2D eigenvalue weighted by atomic mass is 79.9. The molecule has 1 heterocycles. The van der Waals surface area contributed by atoms with Gasteiger partial charge in [-0.1, -0.05) is 21.1 Å². The fraction of sp³-hybridized carbons (Fsp3) is 0.286. The van der Waals surface area contributed by atoms with Gasteiger partial charge in [0, 0.05) is 16.3 Å². The number of ether oxygens (including phenoxy) is 1. The monoisotopic (exact) mass is 370 g/mol. The molecule has 0 aliphatic carbocycles. The lowest BCUT2D eigenvalue weighted by atomic mass is 10.3. The van der Waals surface area contributed by atoms with Crippen molar-refractivity contribution in [3.63, 3.8) is 0 Å². The zero-order chi connectivity index (χ0) is 15.1. The number of halogens is 1. The van der Waals surface area contributed by atoms with Crippen molar-refractivity contribution in [1.82, 2.24) is 5.16 Å². The van der Waals surface area contributed by atoms with Gasteiger partial charge in [0.1, 0.15) is 11.5 Å². The van der Waals surface area contributed by atoms with Crippen molar-refractivity contribution in [1.29, 1.82) is 0 Å². The number of hydrogen-bond acceptors (Lipinski definition) is 5. The van der Waals surface area contributed by atoms with E-state index in [9.17, 15) is 4.79 Å². The van der Waals surface area contributed by atoms with E-state index in [1.165, 1.54) is 11.8 Å². The summed E-state index contributed by atoms with van der Waals surface area (Å²) in [6.07, 6.45) is 0. The number of thioether (sulfide) groups is 1. The average Bonchev–Trinajstić information content (AvgIpc) is 2.86. The van der Waals surface area contributed by atoms with E-state index in [0.717, 1.165) is 16.0 Å². The van der Waals surface area contributed by atoms with Crippen LogP contribution in [0.4, 0.5) is 5.82 Å². The Labute approximate surface area is 135 Å². The van der Waals surface area contributed by atoms with Crippen LogP contribution in [0.3, 0.4) is 0 Å². The first-order chi connectivity index (χ1) is 10.1. The highest BCUT2D eigenvalue weighted by Gasteiger charge is 2.06. The maximum absolute atomic E-state index is 11.6. The number of aromatic nitrogens is 1. The van der Waals surface area contributed by atoms with E-state index in [1.54, 1.807) is 13.0 Å². The van der Waals surface area contributed by atoms with E-state index in [2.05, 4.69) is 26.4 Å². The summed E-state index contributed by atoms with van der Waals surface area (Å²) in [6.45, 7) is 2.33. The van der Waals surface area contributed by atoms with Crippen molar-refractivity contribution < 1.29 is 14.1 Å². The number of benzene rings is 1. The fourth-order valence-corrected chi connectivity index (χ4v) is 2.39. The van der Waals surface area contributed by atoms with Crippen LogP contribution in [-0.4, -0.2) is 29.2 Å². The minimum absolute atomic E-state index is 0.100. The lowest BCUT2D eigenvalue weighted by molar-refractivity contribution is -0.113. The third-order valence-corrected chi connectivity index (χ3v) is 3.89. The molecular weight excluding hydrogens is 356 g/mol. The first-order valence-corrected chi connectivity index (χ1v) is 8.27. The standard InChI is InChI=1S/C14H15BrN2O3S/c1-10-8-13(17-20-10)16-14(18)9-21-7-6-19-12-4-2-11(15)3-5-12/h2-5,8H,6-7,9H2,1H3,(H,16,17,18). The number of aryl methyl sites for hydroxylation is 1. The Bertz CT molecular complexity index is 586. The third-order valence-electron chi connectivity index (χ3n) is 2.44. The van der Waals surface area contributed by atoms with Gasteiger partial charge in [0.15, 0.2) is 5.82 Å². The minimum atomic E-state index is -0.100. The lowest BCUT2D eigenvalue weighted by Crippen LogP contribution is -2.15. The third kappa shape index (κ3) is 5.81. The molecule has 1 N–H and O–H groups in total. The summed E-state index contributed by atoms with van der Waals surface area (Å²) in [5.74, 6) is 2.93. The fourth-order valence-electron chi connectivity index (χ4n) is 1.52. The average molecular weight is 371 g/mol. The molecule has 1 aromatic heterocycles. The second-order valence-corrected chi connectivity index (χ2v) is 6.25. The molecule has 0 saturated carbocycles. The summed E-state index contributed by atoms with van der Waals surface area (Å²) in [4.78, 5) is 11.6.